The molecule has 0 heterocycles. The maximum atomic E-state index is 11.6. The molecule has 0 spiro atoms. The Hall–Kier alpha value is -1.79. The zero-order valence-corrected chi connectivity index (χ0v) is 11.9. The number of nitrogens with one attached hydrogen (secondary N) is 1. The van der Waals surface area contributed by atoms with E-state index >= 15 is 0 Å². The van der Waals surface area contributed by atoms with Crippen LogP contribution in [0.1, 0.15) is 34.6 Å². The van der Waals surface area contributed by atoms with Gasteiger partial charge in [-0.25, -0.2) is 14.4 Å². The fraction of sp³-hybridized carbons (Fsp3) is 0.750. The monoisotopic (exact) mass is 275 g/mol. The summed E-state index contributed by atoms with van der Waals surface area (Å²) in [4.78, 5) is 33.5. The molecule has 0 saturated heterocycles. The first kappa shape index (κ1) is 17.2. The van der Waals surface area contributed by atoms with Crippen LogP contribution in [0.5, 0.6) is 0 Å². The third kappa shape index (κ3) is 8.01. The highest BCUT2D eigenvalue weighted by Crippen LogP contribution is 2.09. The fourth-order valence-electron chi connectivity index (χ4n) is 1.15. The van der Waals surface area contributed by atoms with Crippen molar-refractivity contribution >= 4 is 18.0 Å². The topological polar surface area (TPSA) is 102 Å². The third-order valence-corrected chi connectivity index (χ3v) is 1.93. The van der Waals surface area contributed by atoms with Crippen LogP contribution in [-0.2, 0) is 19.1 Å². The maximum Gasteiger partial charge on any atom is 0.408 e. The summed E-state index contributed by atoms with van der Waals surface area (Å²) in [6.45, 7) is 7.74. The van der Waals surface area contributed by atoms with Crippen LogP contribution in [0.2, 0.25) is 0 Å². The van der Waals surface area contributed by atoms with Crippen molar-refractivity contribution in [1.29, 1.82) is 0 Å². The number of carbonyl (C=O) groups excluding carboxylic acids is 2. The number of hydrogen-bond donors (Lipinski definition) is 2. The summed E-state index contributed by atoms with van der Waals surface area (Å²) in [5.41, 5.74) is -0.684. The molecule has 0 aliphatic heterocycles. The first-order valence-corrected chi connectivity index (χ1v) is 5.91. The van der Waals surface area contributed by atoms with Crippen molar-refractivity contribution in [2.75, 3.05) is 6.61 Å². The molecule has 0 bridgehead atoms. The van der Waals surface area contributed by atoms with Gasteiger partial charge in [0.25, 0.3) is 0 Å². The van der Waals surface area contributed by atoms with Gasteiger partial charge in [-0.3, -0.25) is 0 Å². The molecule has 0 aromatic carbocycles. The summed E-state index contributed by atoms with van der Waals surface area (Å²) >= 11 is 0. The number of alkyl carbamates (subject to hydrolysis) is 1. The van der Waals surface area contributed by atoms with E-state index in [0.29, 0.717) is 0 Å². The molecule has 7 heteroatoms. The standard InChI is InChI=1S/C12H21NO6/c1-7(2)9(10(16)18-6-8(14)15)13-11(17)19-12(3,4)5/h7,9H,6H2,1-5H3,(H,13,17)(H,14,15)/t9-/m0/s1. The summed E-state index contributed by atoms with van der Waals surface area (Å²) in [5, 5.41) is 10.8. The number of amides is 1. The Morgan fingerprint density at radius 1 is 1.21 bits per heavy atom. The second-order valence-electron chi connectivity index (χ2n) is 5.37. The van der Waals surface area contributed by atoms with E-state index in [1.807, 2.05) is 0 Å². The quantitative estimate of drug-likeness (QED) is 0.730. The average Bonchev–Trinajstić information content (AvgIpc) is 2.19. The predicted octanol–water partition coefficient (Wildman–Crippen LogP) is 1.16. The van der Waals surface area contributed by atoms with E-state index in [2.05, 4.69) is 10.1 Å². The summed E-state index contributed by atoms with van der Waals surface area (Å²) in [5.74, 6) is -2.31. The molecule has 0 aliphatic rings. The Morgan fingerprint density at radius 2 is 1.74 bits per heavy atom. The van der Waals surface area contributed by atoms with E-state index in [9.17, 15) is 14.4 Å². The molecule has 0 rings (SSSR count). The van der Waals surface area contributed by atoms with Crippen LogP contribution < -0.4 is 5.32 Å². The molecule has 0 unspecified atom stereocenters. The van der Waals surface area contributed by atoms with Crippen LogP contribution in [-0.4, -0.2) is 41.4 Å². The maximum absolute atomic E-state index is 11.6. The molecule has 2 N–H and O–H groups in total. The van der Waals surface area contributed by atoms with E-state index in [1.165, 1.54) is 0 Å². The lowest BCUT2D eigenvalue weighted by molar-refractivity contribution is -0.157. The molecule has 0 aromatic rings. The lowest BCUT2D eigenvalue weighted by atomic mass is 10.1. The van der Waals surface area contributed by atoms with E-state index in [-0.39, 0.29) is 5.92 Å². The highest BCUT2D eigenvalue weighted by molar-refractivity contribution is 5.83. The van der Waals surface area contributed by atoms with Crippen molar-refractivity contribution in [3.8, 4) is 0 Å². The first-order chi connectivity index (χ1) is 8.53. The zero-order chi connectivity index (χ0) is 15.2. The molecule has 110 valence electrons. The molecule has 0 aromatic heterocycles. The van der Waals surface area contributed by atoms with E-state index in [1.54, 1.807) is 34.6 Å². The van der Waals surface area contributed by atoms with Gasteiger partial charge in [-0.1, -0.05) is 13.8 Å². The predicted molar refractivity (Wildman–Crippen MR) is 66.6 cm³/mol. The molecule has 7 nitrogen and oxygen atoms in total. The number of carboxylic acids is 1. The van der Waals surface area contributed by atoms with E-state index in [0.717, 1.165) is 0 Å². The summed E-state index contributed by atoms with van der Waals surface area (Å²) in [6, 6.07) is -0.950. The number of ether oxygens (including phenoxy) is 2. The zero-order valence-electron chi connectivity index (χ0n) is 11.9. The van der Waals surface area contributed by atoms with Gasteiger partial charge in [0.05, 0.1) is 0 Å². The number of hydrogen-bond acceptors (Lipinski definition) is 5. The third-order valence-electron chi connectivity index (χ3n) is 1.93. The Labute approximate surface area is 112 Å². The fourth-order valence-corrected chi connectivity index (χ4v) is 1.15. The second-order valence-corrected chi connectivity index (χ2v) is 5.37. The van der Waals surface area contributed by atoms with Crippen LogP contribution in [0.25, 0.3) is 0 Å². The number of carbonyl (C=O) groups is 3. The van der Waals surface area contributed by atoms with Crippen LogP contribution >= 0.6 is 0 Å². The number of esters is 1. The van der Waals surface area contributed by atoms with Gasteiger partial charge in [0.15, 0.2) is 6.61 Å². The van der Waals surface area contributed by atoms with Crippen molar-refractivity contribution in [3.05, 3.63) is 0 Å². The summed E-state index contributed by atoms with van der Waals surface area (Å²) in [7, 11) is 0. The Balaban J connectivity index is 4.53. The molecule has 0 saturated carbocycles. The highest BCUT2D eigenvalue weighted by atomic mass is 16.6. The van der Waals surface area contributed by atoms with Crippen LogP contribution in [0.4, 0.5) is 4.79 Å². The minimum atomic E-state index is -1.26. The second kappa shape index (κ2) is 6.96. The largest absolute Gasteiger partial charge is 0.479 e. The Bertz CT molecular complexity index is 345. The van der Waals surface area contributed by atoms with Crippen molar-refractivity contribution in [1.82, 2.24) is 5.32 Å². The van der Waals surface area contributed by atoms with Crippen molar-refractivity contribution in [3.63, 3.8) is 0 Å². The lowest BCUT2D eigenvalue weighted by Crippen LogP contribution is -2.47. The SMILES string of the molecule is CC(C)[C@H](NC(=O)OC(C)(C)C)C(=O)OCC(=O)O. The Morgan fingerprint density at radius 3 is 2.11 bits per heavy atom. The molecule has 19 heavy (non-hydrogen) atoms. The van der Waals surface area contributed by atoms with Gasteiger partial charge in [0.2, 0.25) is 0 Å². The Kier molecular flexibility index (Phi) is 6.31. The van der Waals surface area contributed by atoms with Crippen molar-refractivity contribution < 1.29 is 29.0 Å². The molecule has 1 atom stereocenters. The molecule has 0 fully saturated rings. The minimum Gasteiger partial charge on any atom is -0.479 e. The van der Waals surface area contributed by atoms with E-state index < -0.39 is 36.3 Å². The van der Waals surface area contributed by atoms with Crippen molar-refractivity contribution in [2.24, 2.45) is 5.92 Å². The highest BCUT2D eigenvalue weighted by Gasteiger charge is 2.28. The molecular formula is C12H21NO6. The lowest BCUT2D eigenvalue weighted by Gasteiger charge is -2.24. The van der Waals surface area contributed by atoms with E-state index in [4.69, 9.17) is 9.84 Å². The minimum absolute atomic E-state index is 0.256. The van der Waals surface area contributed by atoms with Crippen molar-refractivity contribution in [2.45, 2.75) is 46.3 Å². The number of aliphatic carboxylic acids is 1. The van der Waals surface area contributed by atoms with Gasteiger partial charge in [-0.05, 0) is 26.7 Å². The van der Waals surface area contributed by atoms with Gasteiger partial charge in [-0.15, -0.1) is 0 Å². The number of carboxylic acid groups (broad SMARTS) is 1. The first-order valence-electron chi connectivity index (χ1n) is 5.91. The van der Waals surface area contributed by atoms with Gasteiger partial charge in [0.1, 0.15) is 11.6 Å². The van der Waals surface area contributed by atoms with Crippen LogP contribution in [0.3, 0.4) is 0 Å². The van der Waals surface area contributed by atoms with Gasteiger partial charge in [-0.2, -0.15) is 0 Å². The average molecular weight is 275 g/mol. The van der Waals surface area contributed by atoms with Crippen LogP contribution in [0, 0.1) is 5.92 Å². The smallest absolute Gasteiger partial charge is 0.408 e. The van der Waals surface area contributed by atoms with Gasteiger partial charge >= 0.3 is 18.0 Å². The summed E-state index contributed by atoms with van der Waals surface area (Å²) < 4.78 is 9.57. The molecule has 0 aliphatic carbocycles. The van der Waals surface area contributed by atoms with Gasteiger partial charge < -0.3 is 19.9 Å². The van der Waals surface area contributed by atoms with Gasteiger partial charge in [0, 0.05) is 0 Å². The normalized spacial score (nSPS) is 12.7. The molecular weight excluding hydrogens is 254 g/mol. The number of rotatable bonds is 5. The van der Waals surface area contributed by atoms with Crippen LogP contribution in [0.15, 0.2) is 0 Å². The molecule has 0 radical (unpaired) electrons. The summed E-state index contributed by atoms with van der Waals surface area (Å²) in [6.07, 6.45) is -0.751. The molecule has 1 amide bonds.